The average Bonchev–Trinajstić information content (AvgIpc) is 2.51. The highest BCUT2D eigenvalue weighted by atomic mass is 16.5. The smallest absolute Gasteiger partial charge is 0.0631 e. The zero-order chi connectivity index (χ0) is 12.0. The van der Waals surface area contributed by atoms with Crippen molar-refractivity contribution in [1.29, 1.82) is 0 Å². The molecule has 1 atom stereocenters. The van der Waals surface area contributed by atoms with Crippen molar-refractivity contribution in [2.75, 3.05) is 13.1 Å². The van der Waals surface area contributed by atoms with Gasteiger partial charge in [-0.15, -0.1) is 0 Å². The lowest BCUT2D eigenvalue weighted by atomic mass is 10.0. The van der Waals surface area contributed by atoms with Crippen LogP contribution >= 0.6 is 0 Å². The Kier molecular flexibility index (Phi) is 5.77. The Labute approximate surface area is 101 Å². The average molecular weight is 227 g/mol. The van der Waals surface area contributed by atoms with Gasteiger partial charge in [0.05, 0.1) is 11.7 Å². The Bertz CT molecular complexity index is 189. The SMILES string of the molecule is CC(C)CNCCCCC1CCC(C)(C)O1. The second-order valence-electron chi connectivity index (χ2n) is 6.13. The molecule has 0 spiro atoms. The van der Waals surface area contributed by atoms with Crippen molar-refractivity contribution in [2.24, 2.45) is 5.92 Å². The third kappa shape index (κ3) is 5.86. The number of hydrogen-bond donors (Lipinski definition) is 1. The molecule has 1 fully saturated rings. The Morgan fingerprint density at radius 3 is 2.62 bits per heavy atom. The molecule has 0 aromatic carbocycles. The minimum Gasteiger partial charge on any atom is -0.372 e. The summed E-state index contributed by atoms with van der Waals surface area (Å²) in [6, 6.07) is 0. The van der Waals surface area contributed by atoms with Crippen LogP contribution in [0, 0.1) is 5.92 Å². The van der Waals surface area contributed by atoms with E-state index in [9.17, 15) is 0 Å². The van der Waals surface area contributed by atoms with Gasteiger partial charge < -0.3 is 10.1 Å². The van der Waals surface area contributed by atoms with E-state index >= 15 is 0 Å². The van der Waals surface area contributed by atoms with E-state index in [0.717, 1.165) is 19.0 Å². The first-order chi connectivity index (χ1) is 7.49. The van der Waals surface area contributed by atoms with Gasteiger partial charge in [-0.2, -0.15) is 0 Å². The lowest BCUT2D eigenvalue weighted by Gasteiger charge is -2.19. The van der Waals surface area contributed by atoms with Crippen molar-refractivity contribution in [3.8, 4) is 0 Å². The predicted molar refractivity (Wildman–Crippen MR) is 69.7 cm³/mol. The van der Waals surface area contributed by atoms with Crippen molar-refractivity contribution in [3.05, 3.63) is 0 Å². The molecule has 0 aliphatic carbocycles. The van der Waals surface area contributed by atoms with Crippen molar-refractivity contribution in [1.82, 2.24) is 5.32 Å². The number of unbranched alkanes of at least 4 members (excludes halogenated alkanes) is 1. The first-order valence-corrected chi connectivity index (χ1v) is 6.88. The van der Waals surface area contributed by atoms with Gasteiger partial charge in [0.15, 0.2) is 0 Å². The van der Waals surface area contributed by atoms with Crippen LogP contribution in [0.2, 0.25) is 0 Å². The molecule has 1 heterocycles. The maximum atomic E-state index is 5.97. The van der Waals surface area contributed by atoms with E-state index in [2.05, 4.69) is 33.0 Å². The van der Waals surface area contributed by atoms with Gasteiger partial charge in [-0.05, 0) is 65.0 Å². The van der Waals surface area contributed by atoms with Crippen LogP contribution in [0.15, 0.2) is 0 Å². The van der Waals surface area contributed by atoms with Gasteiger partial charge in [0.1, 0.15) is 0 Å². The van der Waals surface area contributed by atoms with Gasteiger partial charge >= 0.3 is 0 Å². The van der Waals surface area contributed by atoms with Crippen molar-refractivity contribution in [3.63, 3.8) is 0 Å². The van der Waals surface area contributed by atoms with Crippen molar-refractivity contribution in [2.45, 2.75) is 71.5 Å². The molecule has 2 heteroatoms. The summed E-state index contributed by atoms with van der Waals surface area (Å²) in [6.45, 7) is 11.2. The summed E-state index contributed by atoms with van der Waals surface area (Å²) >= 11 is 0. The fourth-order valence-corrected chi connectivity index (χ4v) is 2.29. The molecule has 2 nitrogen and oxygen atoms in total. The number of ether oxygens (including phenoxy) is 1. The minimum atomic E-state index is 0.139. The quantitative estimate of drug-likeness (QED) is 0.673. The third-order valence-corrected chi connectivity index (χ3v) is 3.24. The molecular weight excluding hydrogens is 198 g/mol. The highest BCUT2D eigenvalue weighted by molar-refractivity contribution is 4.80. The number of nitrogens with one attached hydrogen (secondary N) is 1. The van der Waals surface area contributed by atoms with Crippen LogP contribution in [0.3, 0.4) is 0 Å². The summed E-state index contributed by atoms with van der Waals surface area (Å²) in [5.41, 5.74) is 0.139. The van der Waals surface area contributed by atoms with Crippen LogP contribution < -0.4 is 5.32 Å². The molecule has 0 aromatic rings. The largest absolute Gasteiger partial charge is 0.372 e. The van der Waals surface area contributed by atoms with Crippen molar-refractivity contribution >= 4 is 0 Å². The summed E-state index contributed by atoms with van der Waals surface area (Å²) in [5.74, 6) is 0.763. The van der Waals surface area contributed by atoms with E-state index in [4.69, 9.17) is 4.74 Å². The van der Waals surface area contributed by atoms with E-state index in [1.165, 1.54) is 32.1 Å². The monoisotopic (exact) mass is 227 g/mol. The molecule has 0 amide bonds. The summed E-state index contributed by atoms with van der Waals surface area (Å²) in [5, 5.41) is 3.49. The number of rotatable bonds is 7. The molecule has 1 unspecified atom stereocenters. The van der Waals surface area contributed by atoms with E-state index in [0.29, 0.717) is 6.10 Å². The number of hydrogen-bond acceptors (Lipinski definition) is 2. The van der Waals surface area contributed by atoms with Gasteiger partial charge in [0, 0.05) is 0 Å². The standard InChI is InChI=1S/C14H29NO/c1-12(2)11-15-10-6-5-7-13-8-9-14(3,4)16-13/h12-13,15H,5-11H2,1-4H3. The lowest BCUT2D eigenvalue weighted by Crippen LogP contribution is -2.22. The third-order valence-electron chi connectivity index (χ3n) is 3.24. The maximum Gasteiger partial charge on any atom is 0.0631 e. The Morgan fingerprint density at radius 2 is 2.06 bits per heavy atom. The minimum absolute atomic E-state index is 0.139. The molecule has 16 heavy (non-hydrogen) atoms. The first-order valence-electron chi connectivity index (χ1n) is 6.88. The lowest BCUT2D eigenvalue weighted by molar-refractivity contribution is -0.0190. The maximum absolute atomic E-state index is 5.97. The normalized spacial score (nSPS) is 24.2. The highest BCUT2D eigenvalue weighted by Crippen LogP contribution is 2.31. The van der Waals surface area contributed by atoms with E-state index in [-0.39, 0.29) is 5.60 Å². The molecule has 1 aliphatic heterocycles. The second-order valence-corrected chi connectivity index (χ2v) is 6.13. The van der Waals surface area contributed by atoms with Gasteiger partial charge in [-0.25, -0.2) is 0 Å². The van der Waals surface area contributed by atoms with Gasteiger partial charge in [0.2, 0.25) is 0 Å². The zero-order valence-electron chi connectivity index (χ0n) is 11.5. The molecule has 1 aliphatic rings. The Hall–Kier alpha value is -0.0800. The first kappa shape index (κ1) is 14.0. The Balaban J connectivity index is 1.92. The van der Waals surface area contributed by atoms with E-state index < -0.39 is 0 Å². The molecule has 0 radical (unpaired) electrons. The van der Waals surface area contributed by atoms with Crippen molar-refractivity contribution < 1.29 is 4.74 Å². The molecule has 1 N–H and O–H groups in total. The topological polar surface area (TPSA) is 21.3 Å². The molecular formula is C14H29NO. The zero-order valence-corrected chi connectivity index (χ0v) is 11.5. The van der Waals surface area contributed by atoms with E-state index in [1.54, 1.807) is 0 Å². The van der Waals surface area contributed by atoms with Gasteiger partial charge in [-0.3, -0.25) is 0 Å². The van der Waals surface area contributed by atoms with Crippen LogP contribution in [-0.4, -0.2) is 24.8 Å². The van der Waals surface area contributed by atoms with Gasteiger partial charge in [-0.1, -0.05) is 13.8 Å². The highest BCUT2D eigenvalue weighted by Gasteiger charge is 2.30. The Morgan fingerprint density at radius 1 is 1.31 bits per heavy atom. The molecule has 1 rings (SSSR count). The molecule has 96 valence electrons. The second kappa shape index (κ2) is 6.61. The molecule has 0 aromatic heterocycles. The van der Waals surface area contributed by atoms with E-state index in [1.807, 2.05) is 0 Å². The van der Waals surface area contributed by atoms with Crippen LogP contribution in [0.4, 0.5) is 0 Å². The van der Waals surface area contributed by atoms with Gasteiger partial charge in [0.25, 0.3) is 0 Å². The fraction of sp³-hybridized carbons (Fsp3) is 1.00. The summed E-state index contributed by atoms with van der Waals surface area (Å²) in [4.78, 5) is 0. The van der Waals surface area contributed by atoms with Crippen LogP contribution in [-0.2, 0) is 4.74 Å². The fourth-order valence-electron chi connectivity index (χ4n) is 2.29. The van der Waals surface area contributed by atoms with Crippen LogP contribution in [0.1, 0.15) is 59.8 Å². The molecule has 0 bridgehead atoms. The predicted octanol–water partition coefficient (Wildman–Crippen LogP) is 3.36. The molecule has 1 saturated heterocycles. The van der Waals surface area contributed by atoms with Crippen LogP contribution in [0.5, 0.6) is 0 Å². The summed E-state index contributed by atoms with van der Waals surface area (Å²) in [6.07, 6.45) is 6.83. The summed E-state index contributed by atoms with van der Waals surface area (Å²) < 4.78 is 5.97. The summed E-state index contributed by atoms with van der Waals surface area (Å²) in [7, 11) is 0. The molecule has 0 saturated carbocycles. The van der Waals surface area contributed by atoms with Crippen LogP contribution in [0.25, 0.3) is 0 Å².